The van der Waals surface area contributed by atoms with Crippen LogP contribution in [-0.4, -0.2) is 15.1 Å². The summed E-state index contributed by atoms with van der Waals surface area (Å²) in [4.78, 5) is 0. The molecule has 1 aromatic heterocycles. The second kappa shape index (κ2) is 5.89. The smallest absolute Gasteiger partial charge is 0.0596 e. The van der Waals surface area contributed by atoms with E-state index in [4.69, 9.17) is 11.6 Å². The minimum Gasteiger partial charge on any atom is -0.272 e. The van der Waals surface area contributed by atoms with Gasteiger partial charge in [-0.1, -0.05) is 45.7 Å². The van der Waals surface area contributed by atoms with Gasteiger partial charge in [0.2, 0.25) is 0 Å². The molecule has 1 heterocycles. The van der Waals surface area contributed by atoms with Crippen LogP contribution in [0.3, 0.4) is 0 Å². The number of alkyl halides is 1. The normalized spacial score (nSPS) is 12.7. The maximum atomic E-state index is 6.27. The zero-order valence-electron chi connectivity index (χ0n) is 10.5. The van der Waals surface area contributed by atoms with Crippen molar-refractivity contribution in [3.63, 3.8) is 0 Å². The van der Waals surface area contributed by atoms with E-state index in [0.29, 0.717) is 5.92 Å². The summed E-state index contributed by atoms with van der Waals surface area (Å²) in [5.74, 6) is 0.369. The zero-order chi connectivity index (χ0) is 13.1. The summed E-state index contributed by atoms with van der Waals surface area (Å²) >= 11 is 9.85. The quantitative estimate of drug-likeness (QED) is 0.773. The molecule has 2 aromatic rings. The molecule has 18 heavy (non-hydrogen) atoms. The Morgan fingerprint density at radius 2 is 2.11 bits per heavy atom. The van der Waals surface area contributed by atoms with Gasteiger partial charge in [-0.15, -0.1) is 0 Å². The van der Waals surface area contributed by atoms with Gasteiger partial charge in [-0.05, 0) is 31.0 Å². The van der Waals surface area contributed by atoms with E-state index in [0.717, 1.165) is 22.5 Å². The molecule has 0 bridgehead atoms. The number of hydrogen-bond acceptors (Lipinski definition) is 1. The molecule has 0 saturated heterocycles. The van der Waals surface area contributed by atoms with Crippen LogP contribution < -0.4 is 0 Å². The predicted molar refractivity (Wildman–Crippen MR) is 79.6 cm³/mol. The Kier molecular flexibility index (Phi) is 4.46. The Morgan fingerprint density at radius 1 is 1.39 bits per heavy atom. The van der Waals surface area contributed by atoms with Crippen molar-refractivity contribution in [2.45, 2.75) is 19.3 Å². The Bertz CT molecular complexity index is 536. The van der Waals surface area contributed by atoms with Gasteiger partial charge in [-0.2, -0.15) is 5.10 Å². The molecule has 1 aromatic carbocycles. The molecular formula is C14H16BrClN2. The summed E-state index contributed by atoms with van der Waals surface area (Å²) < 4.78 is 1.95. The largest absolute Gasteiger partial charge is 0.272 e. The number of rotatable bonds is 4. The molecule has 0 amide bonds. The molecule has 1 unspecified atom stereocenters. The summed E-state index contributed by atoms with van der Waals surface area (Å²) in [5, 5.41) is 6.11. The second-order valence-corrected chi connectivity index (χ2v) is 5.53. The van der Waals surface area contributed by atoms with E-state index < -0.39 is 0 Å². The van der Waals surface area contributed by atoms with Crippen LogP contribution in [0.2, 0.25) is 5.02 Å². The van der Waals surface area contributed by atoms with Gasteiger partial charge >= 0.3 is 0 Å². The highest BCUT2D eigenvalue weighted by Gasteiger charge is 2.16. The molecule has 0 N–H and O–H groups in total. The number of nitrogens with zero attached hydrogens (tertiary/aromatic N) is 2. The van der Waals surface area contributed by atoms with E-state index in [-0.39, 0.29) is 0 Å². The van der Waals surface area contributed by atoms with Crippen molar-refractivity contribution in [2.75, 3.05) is 5.33 Å². The average molecular weight is 328 g/mol. The van der Waals surface area contributed by atoms with Crippen LogP contribution in [0, 0.1) is 6.92 Å². The number of aromatic nitrogens is 2. The lowest BCUT2D eigenvalue weighted by atomic mass is 9.96. The highest BCUT2D eigenvalue weighted by molar-refractivity contribution is 9.09. The fraction of sp³-hybridized carbons (Fsp3) is 0.357. The van der Waals surface area contributed by atoms with Crippen molar-refractivity contribution in [1.82, 2.24) is 9.78 Å². The Balaban J connectivity index is 2.25. The summed E-state index contributed by atoms with van der Waals surface area (Å²) in [5.41, 5.74) is 3.48. The fourth-order valence-electron chi connectivity index (χ4n) is 2.16. The second-order valence-electron chi connectivity index (χ2n) is 4.48. The standard InChI is InChI=1S/C14H16BrClN2/c1-10-7-12(18(2)17-10)8-11(9-15)13-5-3-4-6-14(13)16/h3-7,11H,8-9H2,1-2H3. The van der Waals surface area contributed by atoms with Gasteiger partial charge in [0.1, 0.15) is 0 Å². The topological polar surface area (TPSA) is 17.8 Å². The summed E-state index contributed by atoms with van der Waals surface area (Å²) in [7, 11) is 1.99. The Hall–Kier alpha value is -0.800. The van der Waals surface area contributed by atoms with Crippen LogP contribution in [0.4, 0.5) is 0 Å². The molecular weight excluding hydrogens is 312 g/mol. The van der Waals surface area contributed by atoms with E-state index in [1.807, 2.05) is 36.9 Å². The van der Waals surface area contributed by atoms with Crippen LogP contribution in [0.15, 0.2) is 30.3 Å². The maximum Gasteiger partial charge on any atom is 0.0596 e. The molecule has 0 fully saturated rings. The fourth-order valence-corrected chi connectivity index (χ4v) is 3.03. The van der Waals surface area contributed by atoms with Crippen molar-refractivity contribution in [1.29, 1.82) is 0 Å². The minimum atomic E-state index is 0.369. The first-order chi connectivity index (χ1) is 8.61. The van der Waals surface area contributed by atoms with Crippen LogP contribution in [0.5, 0.6) is 0 Å². The molecule has 0 aliphatic rings. The zero-order valence-corrected chi connectivity index (χ0v) is 12.9. The van der Waals surface area contributed by atoms with Crippen molar-refractivity contribution in [2.24, 2.45) is 7.05 Å². The van der Waals surface area contributed by atoms with Gasteiger partial charge in [-0.3, -0.25) is 4.68 Å². The summed E-state index contributed by atoms with van der Waals surface area (Å²) in [6.07, 6.45) is 0.937. The number of aryl methyl sites for hydroxylation is 2. The number of halogens is 2. The van der Waals surface area contributed by atoms with E-state index in [2.05, 4.69) is 33.2 Å². The monoisotopic (exact) mass is 326 g/mol. The first kappa shape index (κ1) is 13.6. The van der Waals surface area contributed by atoms with Crippen molar-refractivity contribution >= 4 is 27.5 Å². The molecule has 1 atom stereocenters. The highest BCUT2D eigenvalue weighted by atomic mass is 79.9. The van der Waals surface area contributed by atoms with Gasteiger partial charge in [0.15, 0.2) is 0 Å². The molecule has 4 heteroatoms. The first-order valence-electron chi connectivity index (χ1n) is 5.91. The highest BCUT2D eigenvalue weighted by Crippen LogP contribution is 2.29. The molecule has 2 rings (SSSR count). The van der Waals surface area contributed by atoms with Crippen molar-refractivity contribution < 1.29 is 0 Å². The molecule has 0 aliphatic carbocycles. The Morgan fingerprint density at radius 3 is 2.67 bits per heavy atom. The molecule has 2 nitrogen and oxygen atoms in total. The average Bonchev–Trinajstić information content (AvgIpc) is 2.66. The van der Waals surface area contributed by atoms with Gasteiger partial charge in [0.05, 0.1) is 5.69 Å². The lowest BCUT2D eigenvalue weighted by Gasteiger charge is -2.16. The van der Waals surface area contributed by atoms with E-state index in [1.54, 1.807) is 0 Å². The minimum absolute atomic E-state index is 0.369. The summed E-state index contributed by atoms with van der Waals surface area (Å²) in [6, 6.07) is 10.2. The lowest BCUT2D eigenvalue weighted by Crippen LogP contribution is -2.08. The van der Waals surface area contributed by atoms with Crippen LogP contribution in [-0.2, 0) is 13.5 Å². The third-order valence-corrected chi connectivity index (χ3v) is 4.21. The maximum absolute atomic E-state index is 6.27. The molecule has 0 radical (unpaired) electrons. The molecule has 0 spiro atoms. The Labute approximate surface area is 121 Å². The van der Waals surface area contributed by atoms with Gasteiger partial charge in [0.25, 0.3) is 0 Å². The van der Waals surface area contributed by atoms with E-state index >= 15 is 0 Å². The predicted octanol–water partition coefficient (Wildman–Crippen LogP) is 4.10. The third-order valence-electron chi connectivity index (χ3n) is 3.09. The lowest BCUT2D eigenvalue weighted by molar-refractivity contribution is 0.660. The number of benzene rings is 1. The van der Waals surface area contributed by atoms with Crippen molar-refractivity contribution in [3.8, 4) is 0 Å². The van der Waals surface area contributed by atoms with Crippen LogP contribution in [0.25, 0.3) is 0 Å². The van der Waals surface area contributed by atoms with Crippen LogP contribution in [0.1, 0.15) is 22.9 Å². The molecule has 0 saturated carbocycles. The molecule has 96 valence electrons. The SMILES string of the molecule is Cc1cc(CC(CBr)c2ccccc2Cl)n(C)n1. The van der Waals surface area contributed by atoms with E-state index in [9.17, 15) is 0 Å². The summed E-state index contributed by atoms with van der Waals surface area (Å²) in [6.45, 7) is 2.02. The van der Waals surface area contributed by atoms with Gasteiger partial charge in [-0.25, -0.2) is 0 Å². The number of hydrogen-bond donors (Lipinski definition) is 0. The van der Waals surface area contributed by atoms with Crippen molar-refractivity contribution in [3.05, 3.63) is 52.3 Å². The third kappa shape index (κ3) is 2.96. The first-order valence-corrected chi connectivity index (χ1v) is 7.41. The van der Waals surface area contributed by atoms with Gasteiger partial charge < -0.3 is 0 Å². The van der Waals surface area contributed by atoms with Gasteiger partial charge in [0, 0.05) is 29.0 Å². The molecule has 0 aliphatic heterocycles. The van der Waals surface area contributed by atoms with Crippen LogP contribution >= 0.6 is 27.5 Å². The van der Waals surface area contributed by atoms with E-state index in [1.165, 1.54) is 11.3 Å².